The van der Waals surface area contributed by atoms with Gasteiger partial charge in [-0.2, -0.15) is 0 Å². The summed E-state index contributed by atoms with van der Waals surface area (Å²) < 4.78 is 5.07. The molecule has 1 saturated carbocycles. The SMILES string of the molecule is COc1ccc(CNC2CCCC(C)(C)CC2)cn1. The first-order chi connectivity index (χ1) is 9.09. The van der Waals surface area contributed by atoms with E-state index in [-0.39, 0.29) is 0 Å². The summed E-state index contributed by atoms with van der Waals surface area (Å²) in [5, 5.41) is 3.67. The molecule has 0 radical (unpaired) electrons. The van der Waals surface area contributed by atoms with Crippen molar-refractivity contribution in [3.8, 4) is 5.88 Å². The van der Waals surface area contributed by atoms with Crippen LogP contribution in [0.15, 0.2) is 18.3 Å². The van der Waals surface area contributed by atoms with Gasteiger partial charge in [-0.1, -0.05) is 26.3 Å². The van der Waals surface area contributed by atoms with Gasteiger partial charge in [0.25, 0.3) is 0 Å². The maximum Gasteiger partial charge on any atom is 0.212 e. The Morgan fingerprint density at radius 3 is 2.84 bits per heavy atom. The Labute approximate surface area is 116 Å². The quantitative estimate of drug-likeness (QED) is 0.843. The highest BCUT2D eigenvalue weighted by Gasteiger charge is 2.23. The molecule has 3 heteroatoms. The largest absolute Gasteiger partial charge is 0.481 e. The van der Waals surface area contributed by atoms with Gasteiger partial charge in [0.15, 0.2) is 0 Å². The minimum Gasteiger partial charge on any atom is -0.481 e. The molecular weight excluding hydrogens is 236 g/mol. The molecule has 1 heterocycles. The summed E-state index contributed by atoms with van der Waals surface area (Å²) in [6.45, 7) is 5.69. The summed E-state index contributed by atoms with van der Waals surface area (Å²) in [5.41, 5.74) is 1.75. The van der Waals surface area contributed by atoms with Gasteiger partial charge in [0.1, 0.15) is 0 Å². The molecular formula is C16H26N2O. The van der Waals surface area contributed by atoms with Crippen molar-refractivity contribution >= 4 is 0 Å². The van der Waals surface area contributed by atoms with Gasteiger partial charge in [-0.05, 0) is 36.7 Å². The Bertz CT molecular complexity index is 386. The normalized spacial score (nSPS) is 22.8. The van der Waals surface area contributed by atoms with E-state index in [2.05, 4.69) is 30.2 Å². The predicted molar refractivity (Wildman–Crippen MR) is 78.3 cm³/mol. The number of hydrogen-bond acceptors (Lipinski definition) is 3. The summed E-state index contributed by atoms with van der Waals surface area (Å²) >= 11 is 0. The molecule has 1 aromatic rings. The zero-order valence-corrected chi connectivity index (χ0v) is 12.4. The van der Waals surface area contributed by atoms with Crippen molar-refractivity contribution in [1.82, 2.24) is 10.3 Å². The Morgan fingerprint density at radius 2 is 2.16 bits per heavy atom. The van der Waals surface area contributed by atoms with E-state index in [1.54, 1.807) is 7.11 Å². The van der Waals surface area contributed by atoms with Crippen molar-refractivity contribution in [2.75, 3.05) is 7.11 Å². The van der Waals surface area contributed by atoms with Crippen LogP contribution in [0.25, 0.3) is 0 Å². The van der Waals surface area contributed by atoms with E-state index >= 15 is 0 Å². The average Bonchev–Trinajstić information content (AvgIpc) is 2.58. The predicted octanol–water partition coefficient (Wildman–Crippen LogP) is 3.54. The first-order valence-electron chi connectivity index (χ1n) is 7.31. The van der Waals surface area contributed by atoms with Gasteiger partial charge in [-0.25, -0.2) is 4.98 Å². The molecule has 1 aliphatic carbocycles. The fourth-order valence-electron chi connectivity index (χ4n) is 2.76. The molecule has 0 aromatic carbocycles. The van der Waals surface area contributed by atoms with Crippen LogP contribution in [-0.2, 0) is 6.54 Å². The van der Waals surface area contributed by atoms with Gasteiger partial charge in [0.05, 0.1) is 7.11 Å². The molecule has 1 N–H and O–H groups in total. The number of aromatic nitrogens is 1. The lowest BCUT2D eigenvalue weighted by atomic mass is 9.85. The highest BCUT2D eigenvalue weighted by molar-refractivity contribution is 5.17. The van der Waals surface area contributed by atoms with Crippen LogP contribution in [-0.4, -0.2) is 18.1 Å². The molecule has 0 saturated heterocycles. The zero-order chi connectivity index (χ0) is 13.7. The van der Waals surface area contributed by atoms with Gasteiger partial charge in [0.2, 0.25) is 5.88 Å². The van der Waals surface area contributed by atoms with E-state index in [4.69, 9.17) is 4.74 Å². The Kier molecular flexibility index (Phi) is 4.81. The molecule has 106 valence electrons. The lowest BCUT2D eigenvalue weighted by molar-refractivity contribution is 0.309. The molecule has 1 aromatic heterocycles. The monoisotopic (exact) mass is 262 g/mol. The third-order valence-electron chi connectivity index (χ3n) is 4.18. The number of pyridine rings is 1. The second-order valence-corrected chi connectivity index (χ2v) is 6.38. The van der Waals surface area contributed by atoms with E-state index in [1.165, 1.54) is 37.7 Å². The van der Waals surface area contributed by atoms with Gasteiger partial charge < -0.3 is 10.1 Å². The molecule has 1 atom stereocenters. The summed E-state index contributed by atoms with van der Waals surface area (Å²) in [4.78, 5) is 4.24. The summed E-state index contributed by atoms with van der Waals surface area (Å²) in [6, 6.07) is 4.66. The van der Waals surface area contributed by atoms with Gasteiger partial charge in [-0.15, -0.1) is 0 Å². The van der Waals surface area contributed by atoms with E-state index < -0.39 is 0 Å². The Balaban J connectivity index is 1.81. The summed E-state index contributed by atoms with van der Waals surface area (Å²) in [6.07, 6.45) is 8.50. The molecule has 0 aliphatic heterocycles. The molecule has 19 heavy (non-hydrogen) atoms. The molecule has 0 bridgehead atoms. The smallest absolute Gasteiger partial charge is 0.212 e. The van der Waals surface area contributed by atoms with Crippen molar-refractivity contribution in [1.29, 1.82) is 0 Å². The molecule has 1 aliphatic rings. The van der Waals surface area contributed by atoms with E-state index in [9.17, 15) is 0 Å². The van der Waals surface area contributed by atoms with Crippen LogP contribution in [0.4, 0.5) is 0 Å². The topological polar surface area (TPSA) is 34.1 Å². The lowest BCUT2D eigenvalue weighted by Gasteiger charge is -2.22. The van der Waals surface area contributed by atoms with Crippen molar-refractivity contribution in [2.24, 2.45) is 5.41 Å². The number of nitrogens with one attached hydrogen (secondary N) is 1. The lowest BCUT2D eigenvalue weighted by Crippen LogP contribution is -2.28. The van der Waals surface area contributed by atoms with Crippen LogP contribution in [0.5, 0.6) is 5.88 Å². The van der Waals surface area contributed by atoms with E-state index in [0.717, 1.165) is 6.54 Å². The standard InChI is InChI=1S/C16H26N2O/c1-16(2)9-4-5-14(8-10-16)17-11-13-6-7-15(19-3)18-12-13/h6-7,12,14,17H,4-5,8-11H2,1-3H3. The second-order valence-electron chi connectivity index (χ2n) is 6.38. The number of methoxy groups -OCH3 is 1. The van der Waals surface area contributed by atoms with Crippen molar-refractivity contribution in [2.45, 2.75) is 58.5 Å². The highest BCUT2D eigenvalue weighted by atomic mass is 16.5. The fraction of sp³-hybridized carbons (Fsp3) is 0.688. The van der Waals surface area contributed by atoms with Crippen LogP contribution < -0.4 is 10.1 Å². The molecule has 2 rings (SSSR count). The molecule has 0 spiro atoms. The third-order valence-corrected chi connectivity index (χ3v) is 4.18. The number of ether oxygens (including phenoxy) is 1. The molecule has 3 nitrogen and oxygen atoms in total. The van der Waals surface area contributed by atoms with Crippen LogP contribution >= 0.6 is 0 Å². The number of hydrogen-bond donors (Lipinski definition) is 1. The van der Waals surface area contributed by atoms with Crippen molar-refractivity contribution < 1.29 is 4.74 Å². The maximum absolute atomic E-state index is 5.07. The van der Waals surface area contributed by atoms with E-state index in [1.807, 2.05) is 12.3 Å². The molecule has 1 unspecified atom stereocenters. The number of rotatable bonds is 4. The third kappa shape index (κ3) is 4.50. The minimum atomic E-state index is 0.526. The number of nitrogens with zero attached hydrogens (tertiary/aromatic N) is 1. The van der Waals surface area contributed by atoms with Gasteiger partial charge >= 0.3 is 0 Å². The van der Waals surface area contributed by atoms with Crippen LogP contribution in [0.2, 0.25) is 0 Å². The molecule has 1 fully saturated rings. The van der Waals surface area contributed by atoms with Crippen LogP contribution in [0, 0.1) is 5.41 Å². The van der Waals surface area contributed by atoms with Crippen LogP contribution in [0.1, 0.15) is 51.5 Å². The Morgan fingerprint density at radius 1 is 1.32 bits per heavy atom. The maximum atomic E-state index is 5.07. The first-order valence-corrected chi connectivity index (χ1v) is 7.31. The van der Waals surface area contributed by atoms with Crippen molar-refractivity contribution in [3.63, 3.8) is 0 Å². The zero-order valence-electron chi connectivity index (χ0n) is 12.4. The van der Waals surface area contributed by atoms with E-state index in [0.29, 0.717) is 17.3 Å². The first kappa shape index (κ1) is 14.3. The second kappa shape index (κ2) is 6.38. The van der Waals surface area contributed by atoms with Gasteiger partial charge in [0, 0.05) is 24.8 Å². The summed E-state index contributed by atoms with van der Waals surface area (Å²) in [5.74, 6) is 0.681. The van der Waals surface area contributed by atoms with Crippen LogP contribution in [0.3, 0.4) is 0 Å². The average molecular weight is 262 g/mol. The minimum absolute atomic E-state index is 0.526. The highest BCUT2D eigenvalue weighted by Crippen LogP contribution is 2.33. The van der Waals surface area contributed by atoms with Crippen molar-refractivity contribution in [3.05, 3.63) is 23.9 Å². The fourth-order valence-corrected chi connectivity index (χ4v) is 2.76. The van der Waals surface area contributed by atoms with Gasteiger partial charge in [-0.3, -0.25) is 0 Å². The molecule has 0 amide bonds. The summed E-state index contributed by atoms with van der Waals surface area (Å²) in [7, 11) is 1.65. The Hall–Kier alpha value is -1.09.